The topological polar surface area (TPSA) is 104 Å². The van der Waals surface area contributed by atoms with Crippen LogP contribution in [0.15, 0.2) is 52.3 Å². The number of piperazine rings is 1. The van der Waals surface area contributed by atoms with E-state index in [1.165, 1.54) is 38.4 Å². The van der Waals surface area contributed by atoms with Crippen molar-refractivity contribution in [2.45, 2.75) is 44.1 Å². The highest BCUT2D eigenvalue weighted by Gasteiger charge is 2.42. The van der Waals surface area contributed by atoms with Crippen LogP contribution in [0.3, 0.4) is 0 Å². The van der Waals surface area contributed by atoms with Gasteiger partial charge in [-0.3, -0.25) is 9.69 Å². The Morgan fingerprint density at radius 1 is 0.978 bits per heavy atom. The highest BCUT2D eigenvalue weighted by Crippen LogP contribution is 2.46. The molecule has 1 N–H and O–H groups in total. The maximum absolute atomic E-state index is 13.9. The minimum absolute atomic E-state index is 0.0929. The van der Waals surface area contributed by atoms with Crippen molar-refractivity contribution in [3.05, 3.63) is 72.9 Å². The van der Waals surface area contributed by atoms with Crippen LogP contribution in [-0.2, 0) is 30.3 Å². The maximum atomic E-state index is 13.9. The molecule has 3 aliphatic heterocycles. The van der Waals surface area contributed by atoms with Crippen LogP contribution in [0, 0.1) is 0 Å². The van der Waals surface area contributed by atoms with Crippen molar-refractivity contribution >= 4 is 52.4 Å². The summed E-state index contributed by atoms with van der Waals surface area (Å²) in [4.78, 5) is 52.0. The quantitative estimate of drug-likeness (QED) is 0.391. The number of likely N-dealkylation sites (N-methyl/N-ethyl adjacent to an activating group) is 1. The van der Waals surface area contributed by atoms with Gasteiger partial charge in [0.25, 0.3) is 0 Å². The van der Waals surface area contributed by atoms with Crippen LogP contribution in [0.4, 0.5) is 0 Å². The van der Waals surface area contributed by atoms with E-state index < -0.39 is 17.9 Å². The van der Waals surface area contributed by atoms with E-state index in [0.717, 1.165) is 31.2 Å². The number of dihydropyridines is 1. The number of esters is 2. The standard InChI is InChI=1S/C32H39Cl2N5O5S/c1-37-12-5-6-20(19-37)38-13-15-39(16-14-38)26(40)18-24-29(32(42)44-3)30(27-21(33)7-4-8-22(27)34)28(31(41)43-2)23(36-24)9-10-25-35-11-17-45-25/h4,7-8,11,17,20,30,36H,5-6,9-10,12-16,18-19H2,1-3H3. The number of carbonyl (C=O) groups is 3. The number of nitrogens with one attached hydrogen (secondary N) is 1. The van der Waals surface area contributed by atoms with E-state index in [9.17, 15) is 14.4 Å². The smallest absolute Gasteiger partial charge is 0.336 e. The fourth-order valence-electron chi connectivity index (χ4n) is 6.57. The van der Waals surface area contributed by atoms with E-state index in [0.29, 0.717) is 48.9 Å². The number of nitrogens with zero attached hydrogens (tertiary/aromatic N) is 4. The zero-order chi connectivity index (χ0) is 32.1. The summed E-state index contributed by atoms with van der Waals surface area (Å²) in [7, 11) is 4.70. The molecule has 0 saturated carbocycles. The van der Waals surface area contributed by atoms with Crippen molar-refractivity contribution in [1.29, 1.82) is 0 Å². The first-order valence-corrected chi connectivity index (χ1v) is 16.8. The molecule has 2 unspecified atom stereocenters. The molecule has 0 aliphatic carbocycles. The number of amides is 1. The number of hydrogen-bond donors (Lipinski definition) is 1. The van der Waals surface area contributed by atoms with E-state index in [1.807, 2.05) is 10.3 Å². The second-order valence-electron chi connectivity index (χ2n) is 11.5. The molecule has 242 valence electrons. The predicted octanol–water partition coefficient (Wildman–Crippen LogP) is 4.25. The molecule has 0 spiro atoms. The van der Waals surface area contributed by atoms with Crippen LogP contribution < -0.4 is 5.32 Å². The first-order valence-electron chi connectivity index (χ1n) is 15.1. The SMILES string of the molecule is COC(=O)C1=C(CCc2nccs2)NC(CC(=O)N2CCN(C3CCCN(C)C3)CC2)=C(C(=O)OC)C1c1c(Cl)cccc1Cl. The van der Waals surface area contributed by atoms with Crippen LogP contribution in [0.25, 0.3) is 0 Å². The molecule has 2 atom stereocenters. The number of aryl methyl sites for hydroxylation is 1. The second-order valence-corrected chi connectivity index (χ2v) is 13.3. The van der Waals surface area contributed by atoms with Crippen molar-refractivity contribution in [2.75, 3.05) is 60.5 Å². The predicted molar refractivity (Wildman–Crippen MR) is 174 cm³/mol. The maximum Gasteiger partial charge on any atom is 0.336 e. The molecule has 5 rings (SSSR count). The van der Waals surface area contributed by atoms with E-state index in [4.69, 9.17) is 32.7 Å². The summed E-state index contributed by atoms with van der Waals surface area (Å²) in [5.74, 6) is -2.49. The number of methoxy groups -OCH3 is 2. The number of allylic oxidation sites excluding steroid dienone is 1. The largest absolute Gasteiger partial charge is 0.466 e. The lowest BCUT2D eigenvalue weighted by molar-refractivity contribution is -0.137. The number of aromatic nitrogens is 1. The van der Waals surface area contributed by atoms with Crippen LogP contribution >= 0.6 is 34.5 Å². The number of likely N-dealkylation sites (tertiary alicyclic amines) is 1. The average molecular weight is 677 g/mol. The third-order valence-corrected chi connectivity index (χ3v) is 10.3. The molecule has 2 aromatic rings. The zero-order valence-electron chi connectivity index (χ0n) is 25.8. The second kappa shape index (κ2) is 15.1. The summed E-state index contributed by atoms with van der Waals surface area (Å²) in [5, 5.41) is 6.61. The summed E-state index contributed by atoms with van der Waals surface area (Å²) in [6, 6.07) is 5.49. The van der Waals surface area contributed by atoms with Crippen molar-refractivity contribution in [1.82, 2.24) is 25.0 Å². The summed E-state index contributed by atoms with van der Waals surface area (Å²) < 4.78 is 10.5. The molecule has 3 aliphatic rings. The number of carbonyl (C=O) groups excluding carboxylic acids is 3. The van der Waals surface area contributed by atoms with Crippen LogP contribution in [-0.4, -0.2) is 104 Å². The van der Waals surface area contributed by atoms with Gasteiger partial charge in [-0.2, -0.15) is 0 Å². The molecule has 45 heavy (non-hydrogen) atoms. The number of rotatable bonds is 9. The summed E-state index contributed by atoms with van der Waals surface area (Å²) in [5.41, 5.74) is 1.52. The number of ether oxygens (including phenoxy) is 2. The van der Waals surface area contributed by atoms with Gasteiger partial charge in [0.1, 0.15) is 0 Å². The lowest BCUT2D eigenvalue weighted by Gasteiger charge is -2.42. The van der Waals surface area contributed by atoms with Crippen molar-refractivity contribution in [3.8, 4) is 0 Å². The molecule has 0 bridgehead atoms. The molecule has 1 aromatic carbocycles. The minimum Gasteiger partial charge on any atom is -0.466 e. The molecule has 10 nitrogen and oxygen atoms in total. The number of halogens is 2. The van der Waals surface area contributed by atoms with Crippen molar-refractivity contribution in [2.24, 2.45) is 0 Å². The van der Waals surface area contributed by atoms with Gasteiger partial charge < -0.3 is 24.6 Å². The Kier molecular flexibility index (Phi) is 11.2. The van der Waals surface area contributed by atoms with Gasteiger partial charge in [0, 0.05) is 83.8 Å². The number of hydrogen-bond acceptors (Lipinski definition) is 10. The van der Waals surface area contributed by atoms with E-state index >= 15 is 0 Å². The van der Waals surface area contributed by atoms with Gasteiger partial charge in [-0.25, -0.2) is 14.6 Å². The number of piperidine rings is 1. The summed E-state index contributed by atoms with van der Waals surface area (Å²) >= 11 is 14.9. The van der Waals surface area contributed by atoms with Crippen molar-refractivity contribution in [3.63, 3.8) is 0 Å². The van der Waals surface area contributed by atoms with Crippen molar-refractivity contribution < 1.29 is 23.9 Å². The number of thiazole rings is 1. The van der Waals surface area contributed by atoms with Crippen LogP contribution in [0.5, 0.6) is 0 Å². The van der Waals surface area contributed by atoms with Gasteiger partial charge in [0.05, 0.1) is 42.7 Å². The summed E-state index contributed by atoms with van der Waals surface area (Å²) in [6.07, 6.45) is 4.88. The Morgan fingerprint density at radius 3 is 2.24 bits per heavy atom. The molecule has 2 saturated heterocycles. The lowest BCUT2D eigenvalue weighted by atomic mass is 9.78. The Balaban J connectivity index is 1.49. The van der Waals surface area contributed by atoms with Gasteiger partial charge in [-0.05, 0) is 45.0 Å². The average Bonchev–Trinajstić information content (AvgIpc) is 3.57. The number of benzene rings is 1. The van der Waals surface area contributed by atoms with Crippen LogP contribution in [0.1, 0.15) is 42.2 Å². The Bertz CT molecular complexity index is 1450. The minimum atomic E-state index is -1.03. The molecule has 1 amide bonds. The van der Waals surface area contributed by atoms with Gasteiger partial charge in [0.15, 0.2) is 0 Å². The van der Waals surface area contributed by atoms with Gasteiger partial charge in [-0.15, -0.1) is 11.3 Å². The van der Waals surface area contributed by atoms with Crippen LogP contribution in [0.2, 0.25) is 10.0 Å². The normalized spacial score (nSPS) is 21.5. The third kappa shape index (κ3) is 7.55. The lowest BCUT2D eigenvalue weighted by Crippen LogP contribution is -2.55. The highest BCUT2D eigenvalue weighted by atomic mass is 35.5. The molecule has 2 fully saturated rings. The fourth-order valence-corrected chi connectivity index (χ4v) is 7.80. The molecule has 4 heterocycles. The molecule has 13 heteroatoms. The molecule has 1 aromatic heterocycles. The third-order valence-electron chi connectivity index (χ3n) is 8.81. The van der Waals surface area contributed by atoms with Gasteiger partial charge in [0.2, 0.25) is 5.91 Å². The highest BCUT2D eigenvalue weighted by molar-refractivity contribution is 7.09. The Labute approximate surface area is 277 Å². The first-order chi connectivity index (χ1) is 21.7. The monoisotopic (exact) mass is 675 g/mol. The zero-order valence-corrected chi connectivity index (χ0v) is 28.1. The molecule has 0 radical (unpaired) electrons. The molecular formula is C32H39Cl2N5O5S. The van der Waals surface area contributed by atoms with Gasteiger partial charge >= 0.3 is 11.9 Å². The Hall–Kier alpha value is -2.96. The Morgan fingerprint density at radius 2 is 1.64 bits per heavy atom. The first kappa shape index (κ1) is 33.4. The fraction of sp³-hybridized carbons (Fsp3) is 0.500. The summed E-state index contributed by atoms with van der Waals surface area (Å²) in [6.45, 7) is 4.95. The van der Waals surface area contributed by atoms with Gasteiger partial charge in [-0.1, -0.05) is 29.3 Å². The van der Waals surface area contributed by atoms with E-state index in [-0.39, 0.29) is 33.5 Å². The van der Waals surface area contributed by atoms with E-state index in [1.54, 1.807) is 24.4 Å². The molecular weight excluding hydrogens is 637 g/mol. The van der Waals surface area contributed by atoms with E-state index in [2.05, 4.69) is 27.1 Å².